The van der Waals surface area contributed by atoms with Crippen molar-refractivity contribution in [2.45, 2.75) is 26.3 Å². The molecule has 2 heterocycles. The summed E-state index contributed by atoms with van der Waals surface area (Å²) >= 11 is 3.32. The Kier molecular flexibility index (Phi) is 5.20. The number of thiazole rings is 1. The molecule has 1 N–H and O–H groups in total. The summed E-state index contributed by atoms with van der Waals surface area (Å²) < 4.78 is 0. The van der Waals surface area contributed by atoms with Crippen LogP contribution in [0.25, 0.3) is 10.6 Å². The molecular weight excluding hydrogens is 324 g/mol. The van der Waals surface area contributed by atoms with Crippen molar-refractivity contribution in [3.63, 3.8) is 0 Å². The standard InChI is InChI=1S/C18H18N2OS2/c1-2-14-8-9-16(23-14)15-12-22-18(20-15)10-17(21)19-11-13-6-4-3-5-7-13/h3-9,12H,2,10-11H2,1H3,(H,19,21). The van der Waals surface area contributed by atoms with Gasteiger partial charge in [-0.25, -0.2) is 4.98 Å². The van der Waals surface area contributed by atoms with Crippen LogP contribution in [-0.4, -0.2) is 10.9 Å². The van der Waals surface area contributed by atoms with Gasteiger partial charge in [0.25, 0.3) is 0 Å². The molecule has 118 valence electrons. The van der Waals surface area contributed by atoms with Gasteiger partial charge in [-0.2, -0.15) is 0 Å². The molecule has 0 unspecified atom stereocenters. The molecule has 23 heavy (non-hydrogen) atoms. The van der Waals surface area contributed by atoms with Gasteiger partial charge in [0.15, 0.2) is 0 Å². The Hall–Kier alpha value is -1.98. The number of aryl methyl sites for hydroxylation is 1. The van der Waals surface area contributed by atoms with Gasteiger partial charge in [0.2, 0.25) is 5.91 Å². The average Bonchev–Trinajstić information content (AvgIpc) is 3.22. The predicted octanol–water partition coefficient (Wildman–Crippen LogP) is 4.29. The Morgan fingerprint density at radius 2 is 2.00 bits per heavy atom. The van der Waals surface area contributed by atoms with E-state index in [1.165, 1.54) is 9.75 Å². The Balaban J connectivity index is 1.57. The lowest BCUT2D eigenvalue weighted by molar-refractivity contribution is -0.120. The number of aromatic nitrogens is 1. The number of hydrogen-bond donors (Lipinski definition) is 1. The van der Waals surface area contributed by atoms with Crippen LogP contribution in [0.1, 0.15) is 22.4 Å². The van der Waals surface area contributed by atoms with Gasteiger partial charge in [0.1, 0.15) is 5.01 Å². The van der Waals surface area contributed by atoms with E-state index < -0.39 is 0 Å². The van der Waals surface area contributed by atoms with Gasteiger partial charge in [-0.1, -0.05) is 37.3 Å². The number of benzene rings is 1. The Morgan fingerprint density at radius 1 is 1.17 bits per heavy atom. The third-order valence-corrected chi connectivity index (χ3v) is 5.56. The zero-order valence-electron chi connectivity index (χ0n) is 12.9. The SMILES string of the molecule is CCc1ccc(-c2csc(CC(=O)NCc3ccccc3)n2)s1. The van der Waals surface area contributed by atoms with Crippen molar-refractivity contribution in [2.75, 3.05) is 0 Å². The van der Waals surface area contributed by atoms with Crippen LogP contribution < -0.4 is 5.32 Å². The minimum absolute atomic E-state index is 0.00943. The van der Waals surface area contributed by atoms with Crippen LogP contribution in [0.4, 0.5) is 0 Å². The molecule has 0 fully saturated rings. The molecule has 0 aliphatic rings. The third-order valence-electron chi connectivity index (χ3n) is 3.46. The molecule has 0 atom stereocenters. The number of thiophene rings is 1. The summed E-state index contributed by atoms with van der Waals surface area (Å²) in [6.45, 7) is 2.71. The summed E-state index contributed by atoms with van der Waals surface area (Å²) in [5.74, 6) is 0.00943. The fraction of sp³-hybridized carbons (Fsp3) is 0.222. The number of carbonyl (C=O) groups excluding carboxylic acids is 1. The second-order valence-electron chi connectivity index (χ2n) is 5.19. The van der Waals surface area contributed by atoms with Gasteiger partial charge in [0.05, 0.1) is 17.0 Å². The molecule has 0 spiro atoms. The molecule has 0 aliphatic carbocycles. The van der Waals surface area contributed by atoms with Crippen LogP contribution in [0.15, 0.2) is 47.8 Å². The number of nitrogens with one attached hydrogen (secondary N) is 1. The largest absolute Gasteiger partial charge is 0.352 e. The smallest absolute Gasteiger partial charge is 0.227 e. The fourth-order valence-electron chi connectivity index (χ4n) is 2.21. The Bertz CT molecular complexity index is 777. The van der Waals surface area contributed by atoms with Crippen molar-refractivity contribution in [2.24, 2.45) is 0 Å². The minimum Gasteiger partial charge on any atom is -0.352 e. The number of nitrogens with zero attached hydrogens (tertiary/aromatic N) is 1. The van der Waals surface area contributed by atoms with Crippen molar-refractivity contribution >= 4 is 28.6 Å². The van der Waals surface area contributed by atoms with Crippen molar-refractivity contribution in [1.29, 1.82) is 0 Å². The van der Waals surface area contributed by atoms with E-state index in [1.807, 2.05) is 35.7 Å². The van der Waals surface area contributed by atoms with E-state index in [-0.39, 0.29) is 5.91 Å². The number of carbonyl (C=O) groups is 1. The molecule has 0 saturated heterocycles. The third kappa shape index (κ3) is 4.27. The second kappa shape index (κ2) is 7.53. The minimum atomic E-state index is 0.00943. The van der Waals surface area contributed by atoms with Crippen molar-refractivity contribution in [3.05, 3.63) is 63.3 Å². The quantitative estimate of drug-likeness (QED) is 0.726. The van der Waals surface area contributed by atoms with Crippen LogP contribution in [-0.2, 0) is 24.2 Å². The van der Waals surface area contributed by atoms with E-state index in [0.29, 0.717) is 13.0 Å². The molecule has 5 heteroatoms. The monoisotopic (exact) mass is 342 g/mol. The average molecular weight is 342 g/mol. The summed E-state index contributed by atoms with van der Waals surface area (Å²) in [5.41, 5.74) is 2.08. The molecule has 3 aromatic rings. The van der Waals surface area contributed by atoms with Crippen LogP contribution in [0.3, 0.4) is 0 Å². The fourth-order valence-corrected chi connectivity index (χ4v) is 3.98. The zero-order valence-corrected chi connectivity index (χ0v) is 14.5. The topological polar surface area (TPSA) is 42.0 Å². The summed E-state index contributed by atoms with van der Waals surface area (Å²) in [7, 11) is 0. The first kappa shape index (κ1) is 15.9. The maximum absolute atomic E-state index is 12.0. The van der Waals surface area contributed by atoms with Crippen molar-refractivity contribution in [1.82, 2.24) is 10.3 Å². The molecule has 3 rings (SSSR count). The number of rotatable bonds is 6. The van der Waals surface area contributed by atoms with Crippen molar-refractivity contribution in [3.8, 4) is 10.6 Å². The second-order valence-corrected chi connectivity index (χ2v) is 7.30. The lowest BCUT2D eigenvalue weighted by Crippen LogP contribution is -2.24. The molecule has 0 aliphatic heterocycles. The first-order valence-electron chi connectivity index (χ1n) is 7.58. The molecule has 1 aromatic carbocycles. The summed E-state index contributed by atoms with van der Waals surface area (Å²) in [4.78, 5) is 19.2. The van der Waals surface area contributed by atoms with Crippen LogP contribution in [0.2, 0.25) is 0 Å². The zero-order chi connectivity index (χ0) is 16.1. The first-order valence-corrected chi connectivity index (χ1v) is 9.28. The maximum atomic E-state index is 12.0. The van der Waals surface area contributed by atoms with Gasteiger partial charge in [0, 0.05) is 16.8 Å². The molecular formula is C18H18N2OS2. The first-order chi connectivity index (χ1) is 11.2. The van der Waals surface area contributed by atoms with Gasteiger partial charge >= 0.3 is 0 Å². The molecule has 2 aromatic heterocycles. The maximum Gasteiger partial charge on any atom is 0.227 e. The normalized spacial score (nSPS) is 10.7. The van der Waals surface area contributed by atoms with E-state index in [4.69, 9.17) is 0 Å². The van der Waals surface area contributed by atoms with E-state index >= 15 is 0 Å². The lowest BCUT2D eigenvalue weighted by Gasteiger charge is -2.03. The van der Waals surface area contributed by atoms with E-state index in [0.717, 1.165) is 22.7 Å². The van der Waals surface area contributed by atoms with Crippen molar-refractivity contribution < 1.29 is 4.79 Å². The summed E-state index contributed by atoms with van der Waals surface area (Å²) in [6.07, 6.45) is 1.38. The number of amides is 1. The highest BCUT2D eigenvalue weighted by Gasteiger charge is 2.10. The summed E-state index contributed by atoms with van der Waals surface area (Å²) in [6, 6.07) is 14.2. The van der Waals surface area contributed by atoms with Crippen LogP contribution in [0, 0.1) is 0 Å². The molecule has 0 radical (unpaired) electrons. The molecule has 1 amide bonds. The van der Waals surface area contributed by atoms with Crippen LogP contribution in [0.5, 0.6) is 0 Å². The Labute approximate surface area is 144 Å². The van der Waals surface area contributed by atoms with E-state index in [1.54, 1.807) is 22.7 Å². The Morgan fingerprint density at radius 3 is 2.74 bits per heavy atom. The molecule has 3 nitrogen and oxygen atoms in total. The van der Waals surface area contributed by atoms with Gasteiger partial charge in [-0.3, -0.25) is 4.79 Å². The molecule has 0 bridgehead atoms. The molecule has 0 saturated carbocycles. The van der Waals surface area contributed by atoms with Gasteiger partial charge in [-0.05, 0) is 24.1 Å². The van der Waals surface area contributed by atoms with E-state index in [9.17, 15) is 4.79 Å². The predicted molar refractivity (Wildman–Crippen MR) is 96.8 cm³/mol. The highest BCUT2D eigenvalue weighted by molar-refractivity contribution is 7.16. The van der Waals surface area contributed by atoms with Gasteiger partial charge in [-0.15, -0.1) is 22.7 Å². The van der Waals surface area contributed by atoms with E-state index in [2.05, 4.69) is 29.4 Å². The lowest BCUT2D eigenvalue weighted by atomic mass is 10.2. The number of hydrogen-bond acceptors (Lipinski definition) is 4. The summed E-state index contributed by atoms with van der Waals surface area (Å²) in [5, 5.41) is 5.83. The highest BCUT2D eigenvalue weighted by Crippen LogP contribution is 2.29. The highest BCUT2D eigenvalue weighted by atomic mass is 32.1. The van der Waals surface area contributed by atoms with Gasteiger partial charge < -0.3 is 5.32 Å². The van der Waals surface area contributed by atoms with Crippen LogP contribution >= 0.6 is 22.7 Å².